The van der Waals surface area contributed by atoms with E-state index in [4.69, 9.17) is 9.94 Å². The third-order valence-electron chi connectivity index (χ3n) is 5.50. The molecule has 10 heteroatoms. The summed E-state index contributed by atoms with van der Waals surface area (Å²) < 4.78 is 4.78. The van der Waals surface area contributed by atoms with Crippen molar-refractivity contribution in [3.05, 3.63) is 28.6 Å². The molecule has 0 saturated heterocycles. The Hall–Kier alpha value is -2.08. The van der Waals surface area contributed by atoms with Crippen LogP contribution in [0.5, 0.6) is 0 Å². The summed E-state index contributed by atoms with van der Waals surface area (Å²) in [5.41, 5.74) is 2.46. The lowest BCUT2D eigenvalue weighted by Gasteiger charge is -2.18. The summed E-state index contributed by atoms with van der Waals surface area (Å²) in [6.45, 7) is 2.23. The maximum absolute atomic E-state index is 12.0. The van der Waals surface area contributed by atoms with E-state index in [1.54, 1.807) is 0 Å². The zero-order valence-corrected chi connectivity index (χ0v) is 19.9. The highest BCUT2D eigenvalue weighted by Gasteiger charge is 2.16. The SMILES string of the molecule is CCCCCCCCCCCCCCC(=NNc1ccc([NH+]([O-])O)cc1[NH+]([O-])O)C(=O)OC. The number of unbranched alkanes of at least 4 members (excludes halogenated alkanes) is 11. The van der Waals surface area contributed by atoms with Gasteiger partial charge in [-0.15, -0.1) is 0 Å². The van der Waals surface area contributed by atoms with Crippen LogP contribution in [0.2, 0.25) is 0 Å². The number of quaternary nitrogens is 2. The van der Waals surface area contributed by atoms with Crippen molar-refractivity contribution in [2.24, 2.45) is 5.10 Å². The quantitative estimate of drug-likeness (QED) is 0.0958. The fraction of sp³-hybridized carbons (Fsp3) is 0.652. The number of hydrogen-bond acceptors (Lipinski definition) is 8. The molecule has 2 unspecified atom stereocenters. The zero-order chi connectivity index (χ0) is 24.5. The Morgan fingerprint density at radius 2 is 1.48 bits per heavy atom. The lowest BCUT2D eigenvalue weighted by Crippen LogP contribution is -3.00. The number of rotatable bonds is 18. The molecule has 0 aliphatic rings. The molecule has 0 amide bonds. The molecular formula is C23H40N4O6. The van der Waals surface area contributed by atoms with Crippen molar-refractivity contribution in [2.75, 3.05) is 12.5 Å². The molecule has 1 aromatic carbocycles. The third-order valence-corrected chi connectivity index (χ3v) is 5.50. The van der Waals surface area contributed by atoms with Crippen LogP contribution in [0, 0.1) is 10.4 Å². The van der Waals surface area contributed by atoms with Gasteiger partial charge in [0.1, 0.15) is 11.4 Å². The van der Waals surface area contributed by atoms with Crippen molar-refractivity contribution >= 4 is 28.7 Å². The third kappa shape index (κ3) is 12.1. The molecular weight excluding hydrogens is 428 g/mol. The van der Waals surface area contributed by atoms with E-state index in [0.29, 0.717) is 6.42 Å². The van der Waals surface area contributed by atoms with Gasteiger partial charge >= 0.3 is 5.97 Å². The molecule has 10 nitrogen and oxygen atoms in total. The van der Waals surface area contributed by atoms with Crippen LogP contribution in [0.3, 0.4) is 0 Å². The standard InChI is InChI=1S/C23H40N4O6/c1-3-4-5-6-7-8-9-10-11-12-13-14-15-21(23(28)33-2)25-24-20-17-16-19(26(29)30)18-22(20)27(31)32/h16-18,24,26-27,29,31H,3-15H2,1-2H3. The predicted octanol–water partition coefficient (Wildman–Crippen LogP) is 3.53. The molecule has 0 spiro atoms. The minimum atomic E-state index is -1.30. The molecule has 1 aromatic rings. The van der Waals surface area contributed by atoms with E-state index in [1.807, 2.05) is 0 Å². The highest BCUT2D eigenvalue weighted by atomic mass is 16.8. The molecule has 1 rings (SSSR count). The van der Waals surface area contributed by atoms with Crippen LogP contribution in [0.25, 0.3) is 0 Å². The fourth-order valence-corrected chi connectivity index (χ4v) is 3.53. The van der Waals surface area contributed by atoms with Crippen LogP contribution >= 0.6 is 0 Å². The normalized spacial score (nSPS) is 13.6. The maximum Gasteiger partial charge on any atom is 0.354 e. The van der Waals surface area contributed by atoms with Gasteiger partial charge in [0.15, 0.2) is 11.4 Å². The van der Waals surface area contributed by atoms with E-state index >= 15 is 0 Å². The van der Waals surface area contributed by atoms with Gasteiger partial charge in [0.05, 0.1) is 13.2 Å². The molecule has 0 aliphatic carbocycles. The summed E-state index contributed by atoms with van der Waals surface area (Å²) in [6.07, 6.45) is 14.9. The minimum absolute atomic E-state index is 0.101. The number of hydrazone groups is 1. The Morgan fingerprint density at radius 3 is 1.97 bits per heavy atom. The van der Waals surface area contributed by atoms with E-state index in [1.165, 1.54) is 77.0 Å². The Bertz CT molecular complexity index is 712. The maximum atomic E-state index is 12.0. The van der Waals surface area contributed by atoms with E-state index in [9.17, 15) is 20.4 Å². The van der Waals surface area contributed by atoms with Crippen LogP contribution in [0.1, 0.15) is 90.4 Å². The van der Waals surface area contributed by atoms with Gasteiger partial charge in [0.2, 0.25) is 0 Å². The minimum Gasteiger partial charge on any atom is -0.595 e. The van der Waals surface area contributed by atoms with Gasteiger partial charge in [-0.2, -0.15) is 15.6 Å². The molecule has 5 N–H and O–H groups in total. The average molecular weight is 469 g/mol. The number of carbonyl (C=O) groups is 1. The Balaban J connectivity index is 2.45. The molecule has 0 saturated carbocycles. The summed E-state index contributed by atoms with van der Waals surface area (Å²) in [7, 11) is 1.27. The lowest BCUT2D eigenvalue weighted by molar-refractivity contribution is -0.996. The zero-order valence-electron chi connectivity index (χ0n) is 19.9. The monoisotopic (exact) mass is 468 g/mol. The summed E-state index contributed by atoms with van der Waals surface area (Å²) in [6, 6.07) is 3.64. The van der Waals surface area contributed by atoms with E-state index < -0.39 is 16.4 Å². The average Bonchev–Trinajstić information content (AvgIpc) is 2.80. The van der Waals surface area contributed by atoms with Gasteiger partial charge in [0, 0.05) is 6.07 Å². The van der Waals surface area contributed by atoms with Crippen LogP contribution < -0.4 is 15.9 Å². The Morgan fingerprint density at radius 1 is 0.939 bits per heavy atom. The highest BCUT2D eigenvalue weighted by molar-refractivity contribution is 6.36. The van der Waals surface area contributed by atoms with E-state index in [0.717, 1.165) is 25.3 Å². The first kappa shape index (κ1) is 29.0. The second kappa shape index (κ2) is 17.4. The van der Waals surface area contributed by atoms with Crippen molar-refractivity contribution in [3.63, 3.8) is 0 Å². The largest absolute Gasteiger partial charge is 0.595 e. The number of carbonyl (C=O) groups excluding carboxylic acids is 1. The summed E-state index contributed by atoms with van der Waals surface area (Å²) in [5, 5.41) is 42.4. The number of nitrogens with zero attached hydrogens (tertiary/aromatic N) is 1. The van der Waals surface area contributed by atoms with Crippen molar-refractivity contribution in [3.8, 4) is 0 Å². The highest BCUT2D eigenvalue weighted by Crippen LogP contribution is 2.21. The van der Waals surface area contributed by atoms with Gasteiger partial charge in [-0.25, -0.2) is 15.2 Å². The van der Waals surface area contributed by atoms with Crippen molar-refractivity contribution in [2.45, 2.75) is 90.4 Å². The summed E-state index contributed by atoms with van der Waals surface area (Å²) >= 11 is 0. The van der Waals surface area contributed by atoms with Gasteiger partial charge in [-0.3, -0.25) is 5.43 Å². The molecule has 0 aliphatic heterocycles. The molecule has 33 heavy (non-hydrogen) atoms. The number of nitrogens with one attached hydrogen (secondary N) is 3. The number of benzene rings is 1. The summed E-state index contributed by atoms with van der Waals surface area (Å²) in [4.78, 5) is 12.0. The van der Waals surface area contributed by atoms with Gasteiger partial charge in [-0.05, 0) is 18.9 Å². The second-order valence-electron chi connectivity index (χ2n) is 8.17. The van der Waals surface area contributed by atoms with Crippen molar-refractivity contribution < 1.29 is 30.4 Å². The lowest BCUT2D eigenvalue weighted by atomic mass is 10.0. The molecule has 0 fully saturated rings. The molecule has 0 heterocycles. The van der Waals surface area contributed by atoms with Crippen LogP contribution in [0.4, 0.5) is 17.1 Å². The topological polar surface area (TPSA) is 146 Å². The van der Waals surface area contributed by atoms with Gasteiger partial charge in [0.25, 0.3) is 0 Å². The van der Waals surface area contributed by atoms with Gasteiger partial charge < -0.3 is 15.2 Å². The number of esters is 1. The van der Waals surface area contributed by atoms with Crippen LogP contribution in [0.15, 0.2) is 23.3 Å². The smallest absolute Gasteiger partial charge is 0.354 e. The van der Waals surface area contributed by atoms with Crippen LogP contribution in [-0.2, 0) is 9.53 Å². The molecule has 0 bridgehead atoms. The van der Waals surface area contributed by atoms with Crippen LogP contribution in [-0.4, -0.2) is 29.2 Å². The van der Waals surface area contributed by atoms with Gasteiger partial charge in [-0.1, -0.05) is 77.6 Å². The number of methoxy groups -OCH3 is 1. The molecule has 0 radical (unpaired) electrons. The number of hydrogen-bond donors (Lipinski definition) is 5. The first-order valence-electron chi connectivity index (χ1n) is 11.9. The number of anilines is 1. The van der Waals surface area contributed by atoms with Crippen molar-refractivity contribution in [1.29, 1.82) is 0 Å². The first-order chi connectivity index (χ1) is 15.9. The summed E-state index contributed by atoms with van der Waals surface area (Å²) in [5.74, 6) is -0.579. The number of ether oxygens (including phenoxy) is 1. The molecule has 0 aromatic heterocycles. The fourth-order valence-electron chi connectivity index (χ4n) is 3.53. The first-order valence-corrected chi connectivity index (χ1v) is 11.9. The Labute approximate surface area is 196 Å². The Kier molecular flexibility index (Phi) is 15.3. The molecule has 2 atom stereocenters. The molecule has 188 valence electrons. The van der Waals surface area contributed by atoms with E-state index in [2.05, 4.69) is 17.5 Å². The predicted molar refractivity (Wildman–Crippen MR) is 127 cm³/mol. The second-order valence-corrected chi connectivity index (χ2v) is 8.17. The van der Waals surface area contributed by atoms with E-state index in [-0.39, 0.29) is 22.8 Å². The van der Waals surface area contributed by atoms with Crippen molar-refractivity contribution in [1.82, 2.24) is 0 Å².